The fourth-order valence-corrected chi connectivity index (χ4v) is 1.70. The summed E-state index contributed by atoms with van der Waals surface area (Å²) in [6, 6.07) is 6.68. The summed E-state index contributed by atoms with van der Waals surface area (Å²) in [6.45, 7) is 5.84. The molecule has 0 spiro atoms. The second kappa shape index (κ2) is 7.98. The van der Waals surface area contributed by atoms with Crippen LogP contribution in [0.3, 0.4) is 0 Å². The van der Waals surface area contributed by atoms with Gasteiger partial charge in [-0.25, -0.2) is 4.39 Å². The van der Waals surface area contributed by atoms with E-state index in [2.05, 4.69) is 48.5 Å². The second-order valence-electron chi connectivity index (χ2n) is 5.94. The van der Waals surface area contributed by atoms with Gasteiger partial charge in [0.2, 0.25) is 0 Å². The molecule has 0 unspecified atom stereocenters. The van der Waals surface area contributed by atoms with Crippen molar-refractivity contribution < 1.29 is 4.39 Å². The zero-order valence-corrected chi connectivity index (χ0v) is 13.7. The van der Waals surface area contributed by atoms with E-state index in [0.717, 1.165) is 24.5 Å². The lowest BCUT2D eigenvalue weighted by Crippen LogP contribution is -2.51. The molecule has 0 heterocycles. The third-order valence-electron chi connectivity index (χ3n) is 3.72. The Morgan fingerprint density at radius 2 is 2.00 bits per heavy atom. The van der Waals surface area contributed by atoms with Crippen molar-refractivity contribution in [2.24, 2.45) is 4.99 Å². The van der Waals surface area contributed by atoms with E-state index >= 15 is 0 Å². The molecule has 0 aliphatic carbocycles. The standard InChI is InChI=1S/C16H27FN4/c1-16(2,21(4)5)12-20-15(18-3)19-10-9-13-7-6-8-14(17)11-13/h6-8,11H,9-10,12H2,1-5H3,(H2,18,19,20). The zero-order chi connectivity index (χ0) is 15.9. The molecule has 0 amide bonds. The highest BCUT2D eigenvalue weighted by molar-refractivity contribution is 5.79. The molecule has 4 nitrogen and oxygen atoms in total. The first-order chi connectivity index (χ1) is 9.85. The average molecular weight is 294 g/mol. The summed E-state index contributed by atoms with van der Waals surface area (Å²) in [7, 11) is 5.86. The topological polar surface area (TPSA) is 39.7 Å². The third-order valence-corrected chi connectivity index (χ3v) is 3.72. The SMILES string of the molecule is CN=C(NCCc1cccc(F)c1)NCC(C)(C)N(C)C. The van der Waals surface area contributed by atoms with E-state index in [1.807, 2.05) is 6.07 Å². The van der Waals surface area contributed by atoms with Gasteiger partial charge in [0.25, 0.3) is 0 Å². The van der Waals surface area contributed by atoms with Crippen LogP contribution < -0.4 is 10.6 Å². The van der Waals surface area contributed by atoms with Gasteiger partial charge in [0.15, 0.2) is 5.96 Å². The number of nitrogens with zero attached hydrogens (tertiary/aromatic N) is 2. The number of hydrogen-bond acceptors (Lipinski definition) is 2. The van der Waals surface area contributed by atoms with Crippen LogP contribution in [-0.4, -0.2) is 50.6 Å². The molecule has 0 bridgehead atoms. The van der Waals surface area contributed by atoms with Crippen molar-refractivity contribution in [3.8, 4) is 0 Å². The predicted octanol–water partition coefficient (Wildman–Crippen LogP) is 1.87. The van der Waals surface area contributed by atoms with Gasteiger partial charge in [0, 0.05) is 25.7 Å². The van der Waals surface area contributed by atoms with Crippen LogP contribution in [0, 0.1) is 5.82 Å². The van der Waals surface area contributed by atoms with Crippen molar-refractivity contribution in [3.63, 3.8) is 0 Å². The van der Waals surface area contributed by atoms with E-state index < -0.39 is 0 Å². The molecule has 0 aliphatic heterocycles. The van der Waals surface area contributed by atoms with Gasteiger partial charge in [0.05, 0.1) is 0 Å². The Kier molecular flexibility index (Phi) is 6.62. The summed E-state index contributed by atoms with van der Waals surface area (Å²) in [4.78, 5) is 6.37. The van der Waals surface area contributed by atoms with Crippen LogP contribution in [0.1, 0.15) is 19.4 Å². The Hall–Kier alpha value is -1.62. The summed E-state index contributed by atoms with van der Waals surface area (Å²) >= 11 is 0. The quantitative estimate of drug-likeness (QED) is 0.621. The highest BCUT2D eigenvalue weighted by Gasteiger charge is 2.20. The lowest BCUT2D eigenvalue weighted by atomic mass is 10.0. The molecule has 1 rings (SSSR count). The van der Waals surface area contributed by atoms with Gasteiger partial charge >= 0.3 is 0 Å². The zero-order valence-electron chi connectivity index (χ0n) is 13.7. The molecule has 118 valence electrons. The third kappa shape index (κ3) is 6.12. The van der Waals surface area contributed by atoms with Crippen molar-refractivity contribution in [1.29, 1.82) is 0 Å². The first-order valence-electron chi connectivity index (χ1n) is 7.21. The number of benzene rings is 1. The monoisotopic (exact) mass is 294 g/mol. The second-order valence-corrected chi connectivity index (χ2v) is 5.94. The summed E-state index contributed by atoms with van der Waals surface area (Å²) in [5.41, 5.74) is 1.02. The fraction of sp³-hybridized carbons (Fsp3) is 0.562. The van der Waals surface area contributed by atoms with Gasteiger partial charge in [-0.1, -0.05) is 12.1 Å². The molecule has 21 heavy (non-hydrogen) atoms. The number of hydrogen-bond donors (Lipinski definition) is 2. The number of rotatable bonds is 6. The summed E-state index contributed by atoms with van der Waals surface area (Å²) in [5, 5.41) is 6.56. The van der Waals surface area contributed by atoms with Crippen LogP contribution in [-0.2, 0) is 6.42 Å². The molecular weight excluding hydrogens is 267 g/mol. The minimum Gasteiger partial charge on any atom is -0.356 e. The van der Waals surface area contributed by atoms with Crippen LogP contribution in [0.15, 0.2) is 29.3 Å². The van der Waals surface area contributed by atoms with E-state index in [1.165, 1.54) is 6.07 Å². The average Bonchev–Trinajstić information content (AvgIpc) is 2.42. The van der Waals surface area contributed by atoms with Crippen molar-refractivity contribution in [2.75, 3.05) is 34.2 Å². The van der Waals surface area contributed by atoms with Crippen molar-refractivity contribution in [3.05, 3.63) is 35.6 Å². The summed E-state index contributed by atoms with van der Waals surface area (Å²) in [6.07, 6.45) is 0.759. The molecule has 0 aromatic heterocycles. The van der Waals surface area contributed by atoms with Crippen LogP contribution >= 0.6 is 0 Å². The number of guanidine groups is 1. The molecule has 0 saturated heterocycles. The van der Waals surface area contributed by atoms with E-state index in [0.29, 0.717) is 6.54 Å². The maximum absolute atomic E-state index is 13.1. The number of likely N-dealkylation sites (N-methyl/N-ethyl adjacent to an activating group) is 1. The van der Waals surface area contributed by atoms with Gasteiger partial charge in [-0.3, -0.25) is 4.99 Å². The van der Waals surface area contributed by atoms with Crippen LogP contribution in [0.2, 0.25) is 0 Å². The smallest absolute Gasteiger partial charge is 0.191 e. The maximum Gasteiger partial charge on any atom is 0.191 e. The minimum absolute atomic E-state index is 0.0418. The van der Waals surface area contributed by atoms with Gasteiger partial charge in [0.1, 0.15) is 5.82 Å². The predicted molar refractivity (Wildman–Crippen MR) is 87.2 cm³/mol. The van der Waals surface area contributed by atoms with Gasteiger partial charge in [-0.05, 0) is 52.1 Å². The van der Waals surface area contributed by atoms with Gasteiger partial charge in [-0.15, -0.1) is 0 Å². The van der Waals surface area contributed by atoms with E-state index in [1.54, 1.807) is 19.2 Å². The molecule has 2 N–H and O–H groups in total. The normalized spacial score (nSPS) is 12.6. The molecule has 5 heteroatoms. The Bertz CT molecular complexity index is 469. The lowest BCUT2D eigenvalue weighted by Gasteiger charge is -2.33. The number of aliphatic imine (C=N–C) groups is 1. The van der Waals surface area contributed by atoms with Crippen LogP contribution in [0.5, 0.6) is 0 Å². The first-order valence-corrected chi connectivity index (χ1v) is 7.21. The van der Waals surface area contributed by atoms with E-state index in [-0.39, 0.29) is 11.4 Å². The first kappa shape index (κ1) is 17.4. The molecule has 0 fully saturated rings. The van der Waals surface area contributed by atoms with E-state index in [9.17, 15) is 4.39 Å². The fourth-order valence-electron chi connectivity index (χ4n) is 1.70. The van der Waals surface area contributed by atoms with Gasteiger partial charge in [-0.2, -0.15) is 0 Å². The van der Waals surface area contributed by atoms with Crippen molar-refractivity contribution in [1.82, 2.24) is 15.5 Å². The molecule has 0 atom stereocenters. The highest BCUT2D eigenvalue weighted by atomic mass is 19.1. The Morgan fingerprint density at radius 3 is 2.57 bits per heavy atom. The Labute approximate surface area is 127 Å². The molecular formula is C16H27FN4. The van der Waals surface area contributed by atoms with Crippen LogP contribution in [0.4, 0.5) is 4.39 Å². The molecule has 0 saturated carbocycles. The number of nitrogens with one attached hydrogen (secondary N) is 2. The largest absolute Gasteiger partial charge is 0.356 e. The Balaban J connectivity index is 2.39. The van der Waals surface area contributed by atoms with Crippen LogP contribution in [0.25, 0.3) is 0 Å². The maximum atomic E-state index is 13.1. The summed E-state index contributed by atoms with van der Waals surface area (Å²) < 4.78 is 13.1. The minimum atomic E-state index is -0.192. The number of halogens is 1. The Morgan fingerprint density at radius 1 is 1.29 bits per heavy atom. The molecule has 1 aromatic carbocycles. The van der Waals surface area contributed by atoms with Crippen molar-refractivity contribution in [2.45, 2.75) is 25.8 Å². The molecule has 0 radical (unpaired) electrons. The van der Waals surface area contributed by atoms with E-state index in [4.69, 9.17) is 0 Å². The summed E-state index contributed by atoms with van der Waals surface area (Å²) in [5.74, 6) is 0.573. The van der Waals surface area contributed by atoms with Gasteiger partial charge < -0.3 is 15.5 Å². The lowest BCUT2D eigenvalue weighted by molar-refractivity contribution is 0.197. The molecule has 1 aromatic rings. The van der Waals surface area contributed by atoms with Crippen molar-refractivity contribution >= 4 is 5.96 Å². The highest BCUT2D eigenvalue weighted by Crippen LogP contribution is 2.07. The molecule has 0 aliphatic rings.